The Labute approximate surface area is 89.0 Å². The van der Waals surface area contributed by atoms with Crippen LogP contribution in [0.4, 0.5) is 0 Å². The third kappa shape index (κ3) is 2.16. The summed E-state index contributed by atoms with van der Waals surface area (Å²) in [6.07, 6.45) is 3.10. The average molecular weight is 211 g/mol. The molecule has 2 rings (SSSR count). The lowest BCUT2D eigenvalue weighted by atomic mass is 10.2. The number of aryl methyl sites for hydroxylation is 1. The molecule has 2 N–H and O–H groups in total. The smallest absolute Gasteiger partial charge is 0.0693 e. The van der Waals surface area contributed by atoms with Crippen LogP contribution in [0.1, 0.15) is 29.7 Å². The van der Waals surface area contributed by atoms with Crippen molar-refractivity contribution in [2.24, 2.45) is 0 Å². The van der Waals surface area contributed by atoms with Crippen LogP contribution in [0, 0.1) is 6.92 Å². The van der Waals surface area contributed by atoms with Crippen molar-refractivity contribution >= 4 is 11.3 Å². The summed E-state index contributed by atoms with van der Waals surface area (Å²) in [6, 6.07) is 2.46. The van der Waals surface area contributed by atoms with Crippen molar-refractivity contribution in [2.75, 3.05) is 0 Å². The molecule has 2 unspecified atom stereocenters. The van der Waals surface area contributed by atoms with E-state index in [1.54, 1.807) is 11.3 Å². The lowest BCUT2D eigenvalue weighted by Crippen LogP contribution is -2.34. The summed E-state index contributed by atoms with van der Waals surface area (Å²) >= 11 is 1.79. The Kier molecular flexibility index (Phi) is 3.21. The second-order valence-electron chi connectivity index (χ2n) is 4.01. The number of rotatable bonds is 3. The molecule has 2 nitrogen and oxygen atoms in total. The van der Waals surface area contributed by atoms with E-state index in [1.807, 2.05) is 0 Å². The number of aliphatic hydroxyl groups excluding tert-OH is 1. The molecule has 1 saturated carbocycles. The van der Waals surface area contributed by atoms with Gasteiger partial charge in [-0.1, -0.05) is 0 Å². The van der Waals surface area contributed by atoms with Gasteiger partial charge in [-0.15, -0.1) is 11.3 Å². The van der Waals surface area contributed by atoms with Gasteiger partial charge in [0.1, 0.15) is 0 Å². The Morgan fingerprint density at radius 3 is 3.00 bits per heavy atom. The predicted molar refractivity (Wildman–Crippen MR) is 59.5 cm³/mol. The Balaban J connectivity index is 1.85. The van der Waals surface area contributed by atoms with Gasteiger partial charge in [-0.25, -0.2) is 0 Å². The summed E-state index contributed by atoms with van der Waals surface area (Å²) in [5, 5.41) is 15.2. The second kappa shape index (κ2) is 4.43. The molecule has 3 heteroatoms. The molecule has 0 radical (unpaired) electrons. The normalized spacial score (nSPS) is 27.0. The Morgan fingerprint density at radius 2 is 2.43 bits per heavy atom. The van der Waals surface area contributed by atoms with Gasteiger partial charge in [0.2, 0.25) is 0 Å². The molecule has 78 valence electrons. The maximum Gasteiger partial charge on any atom is 0.0693 e. The van der Waals surface area contributed by atoms with E-state index < -0.39 is 0 Å². The maximum atomic E-state index is 9.63. The predicted octanol–water partition coefficient (Wildman–Crippen LogP) is 2.06. The minimum atomic E-state index is -0.129. The van der Waals surface area contributed by atoms with Crippen molar-refractivity contribution < 1.29 is 5.11 Å². The van der Waals surface area contributed by atoms with E-state index in [9.17, 15) is 5.11 Å². The molecule has 1 aromatic heterocycles. The summed E-state index contributed by atoms with van der Waals surface area (Å²) in [5.74, 6) is 0. The topological polar surface area (TPSA) is 32.3 Å². The van der Waals surface area contributed by atoms with Gasteiger partial charge < -0.3 is 10.4 Å². The van der Waals surface area contributed by atoms with Gasteiger partial charge in [0.15, 0.2) is 0 Å². The molecular weight excluding hydrogens is 194 g/mol. The molecule has 0 bridgehead atoms. The van der Waals surface area contributed by atoms with Gasteiger partial charge in [0.05, 0.1) is 6.10 Å². The van der Waals surface area contributed by atoms with E-state index in [0.29, 0.717) is 6.04 Å². The average Bonchev–Trinajstić information content (AvgIpc) is 2.72. The highest BCUT2D eigenvalue weighted by Crippen LogP contribution is 2.21. The summed E-state index contributed by atoms with van der Waals surface area (Å²) in [7, 11) is 0. The zero-order valence-corrected chi connectivity index (χ0v) is 9.31. The Bertz CT molecular complexity index is 297. The molecule has 0 aromatic carbocycles. The molecule has 0 spiro atoms. The molecule has 0 amide bonds. The number of aliphatic hydroxyl groups is 1. The zero-order chi connectivity index (χ0) is 9.97. The molecule has 1 aromatic rings. The van der Waals surface area contributed by atoms with Gasteiger partial charge in [0, 0.05) is 17.5 Å². The van der Waals surface area contributed by atoms with Crippen molar-refractivity contribution in [3.8, 4) is 0 Å². The second-order valence-corrected chi connectivity index (χ2v) is 5.01. The van der Waals surface area contributed by atoms with Gasteiger partial charge in [-0.3, -0.25) is 0 Å². The van der Waals surface area contributed by atoms with Crippen molar-refractivity contribution in [1.29, 1.82) is 0 Å². The third-order valence-corrected chi connectivity index (χ3v) is 4.00. The SMILES string of the molecule is Cc1ccsc1CNC1CCCC1O. The maximum absolute atomic E-state index is 9.63. The van der Waals surface area contributed by atoms with Crippen LogP contribution in [0.3, 0.4) is 0 Å². The lowest BCUT2D eigenvalue weighted by molar-refractivity contribution is 0.149. The van der Waals surface area contributed by atoms with Crippen LogP contribution in [0.5, 0.6) is 0 Å². The fraction of sp³-hybridized carbons (Fsp3) is 0.636. The van der Waals surface area contributed by atoms with Crippen molar-refractivity contribution in [3.63, 3.8) is 0 Å². The van der Waals surface area contributed by atoms with Crippen LogP contribution in [-0.2, 0) is 6.54 Å². The fourth-order valence-electron chi connectivity index (χ4n) is 1.99. The quantitative estimate of drug-likeness (QED) is 0.802. The molecule has 2 atom stereocenters. The molecule has 1 heterocycles. The number of hydrogen-bond donors (Lipinski definition) is 2. The lowest BCUT2D eigenvalue weighted by Gasteiger charge is -2.15. The van der Waals surface area contributed by atoms with E-state index in [2.05, 4.69) is 23.7 Å². The first-order valence-electron chi connectivity index (χ1n) is 5.22. The fourth-order valence-corrected chi connectivity index (χ4v) is 2.84. The highest BCUT2D eigenvalue weighted by molar-refractivity contribution is 7.10. The highest BCUT2D eigenvalue weighted by Gasteiger charge is 2.24. The molecule has 14 heavy (non-hydrogen) atoms. The summed E-state index contributed by atoms with van der Waals surface area (Å²) < 4.78 is 0. The standard InChI is InChI=1S/C11H17NOS/c1-8-5-6-14-11(8)7-12-9-3-2-4-10(9)13/h5-6,9-10,12-13H,2-4,7H2,1H3. The monoisotopic (exact) mass is 211 g/mol. The first kappa shape index (κ1) is 10.1. The summed E-state index contributed by atoms with van der Waals surface area (Å²) in [4.78, 5) is 1.39. The molecule has 1 aliphatic carbocycles. The van der Waals surface area contributed by atoms with E-state index in [0.717, 1.165) is 25.8 Å². The first-order chi connectivity index (χ1) is 6.77. The van der Waals surface area contributed by atoms with Crippen molar-refractivity contribution in [2.45, 2.75) is 44.9 Å². The van der Waals surface area contributed by atoms with Gasteiger partial charge in [0.25, 0.3) is 0 Å². The minimum Gasteiger partial charge on any atom is -0.392 e. The van der Waals surface area contributed by atoms with Crippen LogP contribution < -0.4 is 5.32 Å². The van der Waals surface area contributed by atoms with E-state index in [1.165, 1.54) is 10.4 Å². The third-order valence-electron chi connectivity index (χ3n) is 2.97. The van der Waals surface area contributed by atoms with Gasteiger partial charge in [-0.2, -0.15) is 0 Å². The molecular formula is C11H17NOS. The molecule has 0 aliphatic heterocycles. The molecule has 1 fully saturated rings. The first-order valence-corrected chi connectivity index (χ1v) is 6.10. The van der Waals surface area contributed by atoms with Gasteiger partial charge >= 0.3 is 0 Å². The Hall–Kier alpha value is -0.380. The minimum absolute atomic E-state index is 0.129. The van der Waals surface area contributed by atoms with E-state index in [4.69, 9.17) is 0 Å². The van der Waals surface area contributed by atoms with Crippen LogP contribution in [0.25, 0.3) is 0 Å². The van der Waals surface area contributed by atoms with Crippen molar-refractivity contribution in [3.05, 3.63) is 21.9 Å². The largest absolute Gasteiger partial charge is 0.392 e. The number of hydrogen-bond acceptors (Lipinski definition) is 3. The number of nitrogens with one attached hydrogen (secondary N) is 1. The number of thiophene rings is 1. The van der Waals surface area contributed by atoms with Gasteiger partial charge in [-0.05, 0) is 43.2 Å². The summed E-state index contributed by atoms with van der Waals surface area (Å²) in [5.41, 5.74) is 1.36. The zero-order valence-electron chi connectivity index (χ0n) is 8.49. The summed E-state index contributed by atoms with van der Waals surface area (Å²) in [6.45, 7) is 3.05. The van der Waals surface area contributed by atoms with Crippen molar-refractivity contribution in [1.82, 2.24) is 5.32 Å². The Morgan fingerprint density at radius 1 is 1.57 bits per heavy atom. The van der Waals surface area contributed by atoms with Crippen LogP contribution in [0.15, 0.2) is 11.4 Å². The van der Waals surface area contributed by atoms with E-state index in [-0.39, 0.29) is 6.10 Å². The molecule has 0 saturated heterocycles. The highest BCUT2D eigenvalue weighted by atomic mass is 32.1. The molecule has 1 aliphatic rings. The van der Waals surface area contributed by atoms with Crippen LogP contribution in [0.2, 0.25) is 0 Å². The van der Waals surface area contributed by atoms with E-state index >= 15 is 0 Å². The van der Waals surface area contributed by atoms with Crippen LogP contribution >= 0.6 is 11.3 Å². The van der Waals surface area contributed by atoms with Crippen LogP contribution in [-0.4, -0.2) is 17.3 Å².